The maximum atomic E-state index is 5.95. The van der Waals surface area contributed by atoms with Crippen molar-refractivity contribution < 1.29 is 4.74 Å². The SMILES string of the molecule is Brc1cnc(Nc2ccc(OCC3CCNCC3)cc2)nc1Nc1ccccc1. The van der Waals surface area contributed by atoms with Gasteiger partial charge in [0.25, 0.3) is 0 Å². The van der Waals surface area contributed by atoms with E-state index in [-0.39, 0.29) is 0 Å². The van der Waals surface area contributed by atoms with E-state index >= 15 is 0 Å². The molecule has 1 aliphatic rings. The lowest BCUT2D eigenvalue weighted by Crippen LogP contribution is -2.30. The number of anilines is 4. The van der Waals surface area contributed by atoms with E-state index < -0.39 is 0 Å². The van der Waals surface area contributed by atoms with E-state index in [1.54, 1.807) is 6.20 Å². The second kappa shape index (κ2) is 9.71. The summed E-state index contributed by atoms with van der Waals surface area (Å²) in [6.45, 7) is 2.95. The van der Waals surface area contributed by atoms with Crippen LogP contribution in [-0.4, -0.2) is 29.7 Å². The first-order valence-electron chi connectivity index (χ1n) is 9.81. The van der Waals surface area contributed by atoms with Crippen LogP contribution in [0.15, 0.2) is 65.3 Å². The zero-order chi connectivity index (χ0) is 19.9. The summed E-state index contributed by atoms with van der Waals surface area (Å²) in [5.41, 5.74) is 1.88. The summed E-state index contributed by atoms with van der Waals surface area (Å²) in [5.74, 6) is 2.75. The molecule has 0 aliphatic carbocycles. The van der Waals surface area contributed by atoms with Gasteiger partial charge in [-0.2, -0.15) is 4.98 Å². The van der Waals surface area contributed by atoms with Gasteiger partial charge in [0.05, 0.1) is 11.1 Å². The summed E-state index contributed by atoms with van der Waals surface area (Å²) in [5, 5.41) is 9.92. The van der Waals surface area contributed by atoms with E-state index in [0.717, 1.165) is 41.3 Å². The van der Waals surface area contributed by atoms with Crippen molar-refractivity contribution in [2.45, 2.75) is 12.8 Å². The molecule has 3 N–H and O–H groups in total. The van der Waals surface area contributed by atoms with E-state index in [2.05, 4.69) is 41.8 Å². The van der Waals surface area contributed by atoms with Gasteiger partial charge in [-0.15, -0.1) is 0 Å². The molecular weight excluding hydrogens is 430 g/mol. The molecule has 0 radical (unpaired) electrons. The number of ether oxygens (including phenoxy) is 1. The van der Waals surface area contributed by atoms with Crippen LogP contribution in [0, 0.1) is 5.92 Å². The van der Waals surface area contributed by atoms with Crippen LogP contribution in [-0.2, 0) is 0 Å². The number of piperidine rings is 1. The molecule has 1 saturated heterocycles. The Morgan fingerprint density at radius 2 is 1.69 bits per heavy atom. The number of nitrogens with zero attached hydrogens (tertiary/aromatic N) is 2. The van der Waals surface area contributed by atoms with Crippen LogP contribution in [0.1, 0.15) is 12.8 Å². The predicted molar refractivity (Wildman–Crippen MR) is 120 cm³/mol. The fourth-order valence-electron chi connectivity index (χ4n) is 3.20. The monoisotopic (exact) mass is 453 g/mol. The molecule has 2 heterocycles. The van der Waals surface area contributed by atoms with Crippen molar-refractivity contribution >= 4 is 39.1 Å². The minimum absolute atomic E-state index is 0.523. The highest BCUT2D eigenvalue weighted by atomic mass is 79.9. The second-order valence-electron chi connectivity index (χ2n) is 7.03. The Balaban J connectivity index is 1.36. The molecule has 1 aromatic heterocycles. The van der Waals surface area contributed by atoms with E-state index in [9.17, 15) is 0 Å². The largest absolute Gasteiger partial charge is 0.493 e. The van der Waals surface area contributed by atoms with E-state index in [4.69, 9.17) is 4.74 Å². The van der Waals surface area contributed by atoms with Crippen LogP contribution in [0.4, 0.5) is 23.1 Å². The third-order valence-electron chi connectivity index (χ3n) is 4.84. The number of benzene rings is 2. The van der Waals surface area contributed by atoms with Gasteiger partial charge >= 0.3 is 0 Å². The lowest BCUT2D eigenvalue weighted by atomic mass is 9.99. The maximum Gasteiger partial charge on any atom is 0.229 e. The Hall–Kier alpha value is -2.64. The zero-order valence-corrected chi connectivity index (χ0v) is 17.7. The molecule has 2 aromatic carbocycles. The lowest BCUT2D eigenvalue weighted by molar-refractivity contribution is 0.215. The third-order valence-corrected chi connectivity index (χ3v) is 5.42. The molecule has 0 atom stereocenters. The van der Waals surface area contributed by atoms with Crippen molar-refractivity contribution in [3.05, 3.63) is 65.3 Å². The van der Waals surface area contributed by atoms with Gasteiger partial charge in [0, 0.05) is 17.6 Å². The van der Waals surface area contributed by atoms with E-state index in [1.807, 2.05) is 54.6 Å². The summed E-state index contributed by atoms with van der Waals surface area (Å²) < 4.78 is 6.75. The predicted octanol–water partition coefficient (Wildman–Crippen LogP) is 5.10. The molecule has 150 valence electrons. The third kappa shape index (κ3) is 5.68. The molecule has 29 heavy (non-hydrogen) atoms. The van der Waals surface area contributed by atoms with Crippen LogP contribution < -0.4 is 20.7 Å². The van der Waals surface area contributed by atoms with Crippen molar-refractivity contribution in [2.75, 3.05) is 30.3 Å². The van der Waals surface area contributed by atoms with Gasteiger partial charge in [-0.1, -0.05) is 18.2 Å². The van der Waals surface area contributed by atoms with Crippen LogP contribution in [0.5, 0.6) is 5.75 Å². The molecule has 0 unspecified atom stereocenters. The normalized spacial score (nSPS) is 14.4. The molecule has 0 bridgehead atoms. The number of para-hydroxylation sites is 1. The highest BCUT2D eigenvalue weighted by molar-refractivity contribution is 9.10. The molecule has 4 rings (SSSR count). The summed E-state index contributed by atoms with van der Waals surface area (Å²) in [7, 11) is 0. The Morgan fingerprint density at radius 1 is 0.966 bits per heavy atom. The average molecular weight is 454 g/mol. The number of nitrogens with one attached hydrogen (secondary N) is 3. The molecule has 0 amide bonds. The van der Waals surface area contributed by atoms with Crippen LogP contribution in [0.25, 0.3) is 0 Å². The van der Waals surface area contributed by atoms with Gasteiger partial charge < -0.3 is 20.7 Å². The van der Waals surface area contributed by atoms with Gasteiger partial charge in [-0.25, -0.2) is 4.98 Å². The molecule has 1 fully saturated rings. The van der Waals surface area contributed by atoms with Crippen LogP contribution >= 0.6 is 15.9 Å². The quantitative estimate of drug-likeness (QED) is 0.461. The first-order valence-corrected chi connectivity index (χ1v) is 10.6. The van der Waals surface area contributed by atoms with Crippen molar-refractivity contribution in [3.63, 3.8) is 0 Å². The Morgan fingerprint density at radius 3 is 2.45 bits per heavy atom. The van der Waals surface area contributed by atoms with Gasteiger partial charge in [0.2, 0.25) is 5.95 Å². The fraction of sp³-hybridized carbons (Fsp3) is 0.273. The van der Waals surface area contributed by atoms with Crippen LogP contribution in [0.3, 0.4) is 0 Å². The number of rotatable bonds is 7. The van der Waals surface area contributed by atoms with Gasteiger partial charge in [-0.05, 0) is 84.2 Å². The van der Waals surface area contributed by atoms with Gasteiger partial charge in [-0.3, -0.25) is 0 Å². The van der Waals surface area contributed by atoms with Crippen molar-refractivity contribution in [1.29, 1.82) is 0 Å². The zero-order valence-electron chi connectivity index (χ0n) is 16.1. The number of halogens is 1. The summed E-state index contributed by atoms with van der Waals surface area (Å²) >= 11 is 3.50. The Labute approximate surface area is 179 Å². The van der Waals surface area contributed by atoms with E-state index in [0.29, 0.717) is 17.7 Å². The molecule has 1 aliphatic heterocycles. The molecule has 0 spiro atoms. The van der Waals surface area contributed by atoms with Crippen molar-refractivity contribution in [1.82, 2.24) is 15.3 Å². The highest BCUT2D eigenvalue weighted by Crippen LogP contribution is 2.26. The summed E-state index contributed by atoms with van der Waals surface area (Å²) in [6, 6.07) is 17.8. The Bertz CT molecular complexity index is 914. The minimum Gasteiger partial charge on any atom is -0.493 e. The first kappa shape index (κ1) is 19.7. The van der Waals surface area contributed by atoms with Crippen LogP contribution in [0.2, 0.25) is 0 Å². The maximum absolute atomic E-state index is 5.95. The number of hydrogen-bond acceptors (Lipinski definition) is 6. The Kier molecular flexibility index (Phi) is 6.59. The molecule has 3 aromatic rings. The molecule has 7 heteroatoms. The van der Waals surface area contributed by atoms with Crippen molar-refractivity contribution in [3.8, 4) is 5.75 Å². The lowest BCUT2D eigenvalue weighted by Gasteiger charge is -2.22. The average Bonchev–Trinajstić information content (AvgIpc) is 2.77. The first-order chi connectivity index (χ1) is 14.3. The highest BCUT2D eigenvalue weighted by Gasteiger charge is 2.13. The molecular formula is C22H24BrN5O. The number of aromatic nitrogens is 2. The molecule has 6 nitrogen and oxygen atoms in total. The van der Waals surface area contributed by atoms with E-state index in [1.165, 1.54) is 12.8 Å². The number of hydrogen-bond donors (Lipinski definition) is 3. The molecule has 0 saturated carbocycles. The summed E-state index contributed by atoms with van der Waals surface area (Å²) in [6.07, 6.45) is 4.09. The van der Waals surface area contributed by atoms with Gasteiger partial charge in [0.15, 0.2) is 0 Å². The second-order valence-corrected chi connectivity index (χ2v) is 7.89. The summed E-state index contributed by atoms with van der Waals surface area (Å²) in [4.78, 5) is 8.91. The fourth-order valence-corrected chi connectivity index (χ4v) is 3.49. The standard InChI is InChI=1S/C22H24BrN5O/c23-20-14-25-22(28-21(20)26-17-4-2-1-3-5-17)27-18-6-8-19(9-7-18)29-15-16-10-12-24-13-11-16/h1-9,14,16,24H,10-13,15H2,(H2,25,26,27,28). The van der Waals surface area contributed by atoms with Gasteiger partial charge in [0.1, 0.15) is 11.6 Å². The van der Waals surface area contributed by atoms with Crippen molar-refractivity contribution in [2.24, 2.45) is 5.92 Å². The minimum atomic E-state index is 0.523. The topological polar surface area (TPSA) is 71.1 Å². The smallest absolute Gasteiger partial charge is 0.229 e.